The van der Waals surface area contributed by atoms with Crippen molar-refractivity contribution < 1.29 is 4.74 Å². The molecule has 5 rings (SSSR count). The van der Waals surface area contributed by atoms with Crippen LogP contribution in [0.25, 0.3) is 17.8 Å². The van der Waals surface area contributed by atoms with E-state index in [1.54, 1.807) is 13.4 Å². The van der Waals surface area contributed by atoms with Gasteiger partial charge in [-0.3, -0.25) is 4.98 Å². The second-order valence-electron chi connectivity index (χ2n) is 7.69. The lowest BCUT2D eigenvalue weighted by Gasteiger charge is -2.21. The third-order valence-corrected chi connectivity index (χ3v) is 5.55. The number of hydrogen-bond acceptors (Lipinski definition) is 5. The molecule has 0 radical (unpaired) electrons. The SMILES string of the molecule is COc1cc(/C=C/c2nc3n(n2)CCC[C@@H]3c2ccccn2)ccc1-n1cnc(C)c1. The summed E-state index contributed by atoms with van der Waals surface area (Å²) >= 11 is 0. The summed E-state index contributed by atoms with van der Waals surface area (Å²) in [6, 6.07) is 12.1. The standard InChI is InChI=1S/C24H24N6O/c1-17-15-29(16-26-17)21-10-8-18(14-22(21)31-2)9-11-23-27-24-19(6-5-13-30(24)28-23)20-7-3-4-12-25-20/h3-4,7-12,14-16,19H,5-6,13H2,1-2H3/b11-9+/t19-/m1/s1. The average Bonchev–Trinajstić information content (AvgIpc) is 3.43. The lowest BCUT2D eigenvalue weighted by atomic mass is 9.95. The van der Waals surface area contributed by atoms with E-state index < -0.39 is 0 Å². The minimum atomic E-state index is 0.197. The molecule has 0 fully saturated rings. The van der Waals surface area contributed by atoms with Crippen molar-refractivity contribution >= 4 is 12.2 Å². The number of imidazole rings is 1. The second-order valence-corrected chi connectivity index (χ2v) is 7.69. The monoisotopic (exact) mass is 412 g/mol. The van der Waals surface area contributed by atoms with Crippen LogP contribution >= 0.6 is 0 Å². The van der Waals surface area contributed by atoms with Gasteiger partial charge >= 0.3 is 0 Å². The molecule has 7 heteroatoms. The Hall–Kier alpha value is -3.74. The molecular formula is C24H24N6O. The third-order valence-electron chi connectivity index (χ3n) is 5.55. The van der Waals surface area contributed by atoms with E-state index >= 15 is 0 Å². The van der Waals surface area contributed by atoms with Gasteiger partial charge in [0.15, 0.2) is 5.82 Å². The zero-order valence-corrected chi connectivity index (χ0v) is 17.6. The van der Waals surface area contributed by atoms with Crippen LogP contribution in [0.3, 0.4) is 0 Å². The molecule has 0 bridgehead atoms. The van der Waals surface area contributed by atoms with E-state index in [0.29, 0.717) is 5.82 Å². The van der Waals surface area contributed by atoms with Crippen molar-refractivity contribution in [3.05, 3.63) is 83.7 Å². The predicted octanol–water partition coefficient (Wildman–Crippen LogP) is 4.27. The van der Waals surface area contributed by atoms with Crippen LogP contribution in [-0.2, 0) is 6.54 Å². The van der Waals surface area contributed by atoms with Crippen molar-refractivity contribution in [3.63, 3.8) is 0 Å². The molecule has 1 aliphatic rings. The normalized spacial score (nSPS) is 15.9. The quantitative estimate of drug-likeness (QED) is 0.489. The maximum absolute atomic E-state index is 5.61. The van der Waals surface area contributed by atoms with E-state index in [-0.39, 0.29) is 5.92 Å². The smallest absolute Gasteiger partial charge is 0.174 e. The Labute approximate surface area is 181 Å². The number of methoxy groups -OCH3 is 1. The number of rotatable bonds is 5. The Morgan fingerprint density at radius 3 is 2.84 bits per heavy atom. The molecule has 0 N–H and O–H groups in total. The summed E-state index contributed by atoms with van der Waals surface area (Å²) in [6.07, 6.45) is 11.7. The van der Waals surface area contributed by atoms with Crippen molar-refractivity contribution in [1.29, 1.82) is 0 Å². The number of aromatic nitrogens is 6. The molecule has 0 saturated carbocycles. The van der Waals surface area contributed by atoms with E-state index in [0.717, 1.165) is 53.6 Å². The van der Waals surface area contributed by atoms with E-state index in [4.69, 9.17) is 14.8 Å². The number of benzene rings is 1. The zero-order valence-electron chi connectivity index (χ0n) is 17.6. The molecule has 7 nitrogen and oxygen atoms in total. The van der Waals surface area contributed by atoms with Gasteiger partial charge in [0.1, 0.15) is 11.6 Å². The van der Waals surface area contributed by atoms with Crippen molar-refractivity contribution in [1.82, 2.24) is 29.3 Å². The lowest BCUT2D eigenvalue weighted by molar-refractivity contribution is 0.413. The average molecular weight is 412 g/mol. The van der Waals surface area contributed by atoms with Gasteiger partial charge in [0.25, 0.3) is 0 Å². The Balaban J connectivity index is 1.41. The fourth-order valence-electron chi connectivity index (χ4n) is 4.04. The maximum atomic E-state index is 5.61. The first kappa shape index (κ1) is 19.2. The topological polar surface area (TPSA) is 70.7 Å². The molecule has 0 amide bonds. The summed E-state index contributed by atoms with van der Waals surface area (Å²) in [5.74, 6) is 2.69. The van der Waals surface area contributed by atoms with Gasteiger partial charge in [-0.05, 0) is 55.7 Å². The summed E-state index contributed by atoms with van der Waals surface area (Å²) in [4.78, 5) is 13.7. The van der Waals surface area contributed by atoms with Gasteiger partial charge in [0.2, 0.25) is 0 Å². The van der Waals surface area contributed by atoms with Crippen molar-refractivity contribution in [2.45, 2.75) is 32.2 Å². The largest absolute Gasteiger partial charge is 0.495 e. The Bertz CT molecular complexity index is 1220. The number of fused-ring (bicyclic) bond motifs is 1. The molecule has 0 unspecified atom stereocenters. The first-order chi connectivity index (χ1) is 15.2. The summed E-state index contributed by atoms with van der Waals surface area (Å²) in [6.45, 7) is 2.86. The molecular weight excluding hydrogens is 388 g/mol. The molecule has 4 heterocycles. The number of ether oxygens (including phenoxy) is 1. The van der Waals surface area contributed by atoms with Crippen LogP contribution in [0.2, 0.25) is 0 Å². The van der Waals surface area contributed by atoms with Gasteiger partial charge in [0.05, 0.1) is 36.4 Å². The van der Waals surface area contributed by atoms with Gasteiger partial charge in [-0.25, -0.2) is 14.6 Å². The maximum Gasteiger partial charge on any atom is 0.174 e. The summed E-state index contributed by atoms with van der Waals surface area (Å²) in [7, 11) is 1.68. The molecule has 0 aliphatic carbocycles. The predicted molar refractivity (Wildman–Crippen MR) is 119 cm³/mol. The Morgan fingerprint density at radius 2 is 2.06 bits per heavy atom. The van der Waals surface area contributed by atoms with Gasteiger partial charge in [-0.2, -0.15) is 5.10 Å². The molecule has 1 aliphatic heterocycles. The van der Waals surface area contributed by atoms with E-state index in [9.17, 15) is 0 Å². The van der Waals surface area contributed by atoms with Crippen molar-refractivity contribution in [2.75, 3.05) is 7.11 Å². The van der Waals surface area contributed by atoms with Gasteiger partial charge in [0, 0.05) is 18.9 Å². The second kappa shape index (κ2) is 8.18. The highest BCUT2D eigenvalue weighted by Crippen LogP contribution is 2.31. The lowest BCUT2D eigenvalue weighted by Crippen LogP contribution is -2.18. The summed E-state index contributed by atoms with van der Waals surface area (Å²) in [5.41, 5.74) is 3.99. The van der Waals surface area contributed by atoms with Crippen molar-refractivity contribution in [3.8, 4) is 11.4 Å². The Morgan fingerprint density at radius 1 is 1.13 bits per heavy atom. The highest BCUT2D eigenvalue weighted by atomic mass is 16.5. The molecule has 4 aromatic rings. The minimum Gasteiger partial charge on any atom is -0.495 e. The number of nitrogens with zero attached hydrogens (tertiary/aromatic N) is 6. The van der Waals surface area contributed by atoms with E-state index in [2.05, 4.69) is 22.1 Å². The highest BCUT2D eigenvalue weighted by molar-refractivity contribution is 5.69. The van der Waals surface area contributed by atoms with Crippen LogP contribution in [0.4, 0.5) is 0 Å². The van der Waals surface area contributed by atoms with Crippen LogP contribution in [-0.4, -0.2) is 36.4 Å². The molecule has 0 saturated heterocycles. The first-order valence-corrected chi connectivity index (χ1v) is 10.4. The number of pyridine rings is 1. The highest BCUT2D eigenvalue weighted by Gasteiger charge is 2.26. The van der Waals surface area contributed by atoms with Crippen LogP contribution in [0.5, 0.6) is 5.75 Å². The van der Waals surface area contributed by atoms with E-state index in [1.165, 1.54) is 0 Å². The molecule has 3 aromatic heterocycles. The molecule has 31 heavy (non-hydrogen) atoms. The van der Waals surface area contributed by atoms with Crippen LogP contribution in [0.1, 0.15) is 47.4 Å². The molecule has 0 spiro atoms. The van der Waals surface area contributed by atoms with Crippen LogP contribution < -0.4 is 4.74 Å². The van der Waals surface area contributed by atoms with Gasteiger partial charge in [-0.1, -0.05) is 18.2 Å². The fraction of sp³-hybridized carbons (Fsp3) is 0.250. The van der Waals surface area contributed by atoms with Gasteiger partial charge in [-0.15, -0.1) is 0 Å². The third kappa shape index (κ3) is 3.86. The molecule has 1 aromatic carbocycles. The van der Waals surface area contributed by atoms with Crippen molar-refractivity contribution in [2.24, 2.45) is 0 Å². The van der Waals surface area contributed by atoms with Crippen LogP contribution in [0, 0.1) is 6.92 Å². The van der Waals surface area contributed by atoms with E-state index in [1.807, 2.05) is 65.0 Å². The van der Waals surface area contributed by atoms with Crippen LogP contribution in [0.15, 0.2) is 55.1 Å². The first-order valence-electron chi connectivity index (χ1n) is 10.4. The molecule has 1 atom stereocenters. The Kier molecular flexibility index (Phi) is 5.08. The fourth-order valence-corrected chi connectivity index (χ4v) is 4.04. The number of hydrogen-bond donors (Lipinski definition) is 0. The molecule has 156 valence electrons. The zero-order chi connectivity index (χ0) is 21.2. The van der Waals surface area contributed by atoms with Gasteiger partial charge < -0.3 is 9.30 Å². The number of aryl methyl sites for hydroxylation is 2. The minimum absolute atomic E-state index is 0.197. The summed E-state index contributed by atoms with van der Waals surface area (Å²) < 4.78 is 9.59. The summed E-state index contributed by atoms with van der Waals surface area (Å²) in [5, 5.41) is 4.70.